The predicted octanol–water partition coefficient (Wildman–Crippen LogP) is 4.66. The molecule has 1 aliphatic rings. The van der Waals surface area contributed by atoms with Crippen molar-refractivity contribution in [3.05, 3.63) is 54.6 Å². The van der Waals surface area contributed by atoms with Gasteiger partial charge in [-0.3, -0.25) is 10.1 Å². The van der Waals surface area contributed by atoms with Crippen LogP contribution in [0.3, 0.4) is 0 Å². The largest absolute Gasteiger partial charge is 0.356 e. The average molecular weight is 453 g/mol. The first kappa shape index (κ1) is 20.8. The van der Waals surface area contributed by atoms with E-state index in [0.29, 0.717) is 0 Å². The minimum atomic E-state index is 0.767. The number of aromatic amines is 2. The number of piperidine rings is 1. The maximum absolute atomic E-state index is 4.72. The van der Waals surface area contributed by atoms with Gasteiger partial charge in [0.05, 0.1) is 11.2 Å². The SMILES string of the molecule is CCNCc1cncc(-c2cnc3[nH]nc(-c4cc5c(N6CCCCC6)nccc5[nH]4)c3c2)c1. The molecular weight excluding hydrogens is 424 g/mol. The lowest BCUT2D eigenvalue weighted by molar-refractivity contribution is 0.575. The summed E-state index contributed by atoms with van der Waals surface area (Å²) < 4.78 is 0. The van der Waals surface area contributed by atoms with Gasteiger partial charge in [0, 0.05) is 66.3 Å². The lowest BCUT2D eigenvalue weighted by Gasteiger charge is -2.28. The third-order valence-corrected chi connectivity index (χ3v) is 6.56. The quantitative estimate of drug-likeness (QED) is 0.347. The number of anilines is 1. The Kier molecular flexibility index (Phi) is 5.43. The fourth-order valence-electron chi connectivity index (χ4n) is 4.80. The first-order chi connectivity index (χ1) is 16.8. The van der Waals surface area contributed by atoms with E-state index < -0.39 is 0 Å². The summed E-state index contributed by atoms with van der Waals surface area (Å²) in [7, 11) is 0. The van der Waals surface area contributed by atoms with E-state index in [0.717, 1.165) is 82.0 Å². The Labute approximate surface area is 197 Å². The van der Waals surface area contributed by atoms with Crippen LogP contribution in [0.15, 0.2) is 49.1 Å². The van der Waals surface area contributed by atoms with Gasteiger partial charge in [-0.1, -0.05) is 6.92 Å². The van der Waals surface area contributed by atoms with E-state index in [1.165, 1.54) is 19.3 Å². The Morgan fingerprint density at radius 1 is 0.971 bits per heavy atom. The topological polar surface area (TPSA) is 98.4 Å². The Balaban J connectivity index is 1.40. The van der Waals surface area contributed by atoms with Gasteiger partial charge in [-0.15, -0.1) is 0 Å². The zero-order valence-corrected chi connectivity index (χ0v) is 19.3. The Morgan fingerprint density at radius 3 is 2.74 bits per heavy atom. The molecule has 8 heteroatoms. The van der Waals surface area contributed by atoms with E-state index in [1.54, 1.807) is 0 Å². The zero-order chi connectivity index (χ0) is 22.9. The number of hydrogen-bond acceptors (Lipinski definition) is 6. The number of hydrogen-bond donors (Lipinski definition) is 3. The standard InChI is InChI=1S/C26H28N8/c1-2-27-13-17-10-18(15-28-14-17)19-11-21-24(32-33-25(21)30-16-19)23-12-20-22(31-23)6-7-29-26(20)34-8-4-3-5-9-34/h6-7,10-12,14-16,27,31H,2-5,8-9,13H2,1H3,(H,30,32,33). The van der Waals surface area contributed by atoms with Crippen molar-refractivity contribution in [2.45, 2.75) is 32.7 Å². The van der Waals surface area contributed by atoms with Gasteiger partial charge in [-0.2, -0.15) is 5.10 Å². The molecule has 6 rings (SSSR count). The van der Waals surface area contributed by atoms with Gasteiger partial charge in [0.25, 0.3) is 0 Å². The molecule has 1 aliphatic heterocycles. The molecule has 0 atom stereocenters. The van der Waals surface area contributed by atoms with E-state index in [9.17, 15) is 0 Å². The summed E-state index contributed by atoms with van der Waals surface area (Å²) in [4.78, 5) is 19.8. The molecule has 3 N–H and O–H groups in total. The predicted molar refractivity (Wildman–Crippen MR) is 136 cm³/mol. The summed E-state index contributed by atoms with van der Waals surface area (Å²) in [5.41, 5.74) is 6.89. The fraction of sp³-hybridized carbons (Fsp3) is 0.308. The van der Waals surface area contributed by atoms with Gasteiger partial charge < -0.3 is 15.2 Å². The van der Waals surface area contributed by atoms with Crippen LogP contribution >= 0.6 is 0 Å². The summed E-state index contributed by atoms with van der Waals surface area (Å²) in [6.07, 6.45) is 11.3. The normalized spacial score (nSPS) is 14.3. The van der Waals surface area contributed by atoms with Crippen molar-refractivity contribution >= 4 is 27.8 Å². The van der Waals surface area contributed by atoms with Crippen molar-refractivity contribution < 1.29 is 0 Å². The maximum Gasteiger partial charge on any atom is 0.155 e. The fourth-order valence-corrected chi connectivity index (χ4v) is 4.80. The molecule has 0 saturated carbocycles. The van der Waals surface area contributed by atoms with Crippen LogP contribution in [0.1, 0.15) is 31.7 Å². The molecule has 0 aromatic carbocycles. The maximum atomic E-state index is 4.72. The Hall–Kier alpha value is -3.78. The molecule has 0 radical (unpaired) electrons. The number of nitrogens with one attached hydrogen (secondary N) is 3. The van der Waals surface area contributed by atoms with Crippen molar-refractivity contribution in [3.8, 4) is 22.5 Å². The molecule has 6 heterocycles. The summed E-state index contributed by atoms with van der Waals surface area (Å²) in [6.45, 7) is 5.95. The van der Waals surface area contributed by atoms with Crippen LogP contribution in [0.5, 0.6) is 0 Å². The van der Waals surface area contributed by atoms with Crippen molar-refractivity contribution in [1.82, 2.24) is 35.5 Å². The second-order valence-electron chi connectivity index (χ2n) is 8.88. The highest BCUT2D eigenvalue weighted by molar-refractivity contribution is 5.99. The van der Waals surface area contributed by atoms with Crippen LogP contribution in [-0.2, 0) is 6.54 Å². The third-order valence-electron chi connectivity index (χ3n) is 6.56. The van der Waals surface area contributed by atoms with Crippen molar-refractivity contribution in [3.63, 3.8) is 0 Å². The molecule has 8 nitrogen and oxygen atoms in total. The molecule has 5 aromatic rings. The highest BCUT2D eigenvalue weighted by Gasteiger charge is 2.18. The molecule has 34 heavy (non-hydrogen) atoms. The summed E-state index contributed by atoms with van der Waals surface area (Å²) in [5, 5.41) is 13.2. The van der Waals surface area contributed by atoms with E-state index in [4.69, 9.17) is 4.98 Å². The first-order valence-corrected chi connectivity index (χ1v) is 12.0. The molecule has 0 spiro atoms. The van der Waals surface area contributed by atoms with Gasteiger partial charge in [0.15, 0.2) is 5.65 Å². The zero-order valence-electron chi connectivity index (χ0n) is 19.3. The number of aromatic nitrogens is 6. The van der Waals surface area contributed by atoms with Crippen LogP contribution < -0.4 is 10.2 Å². The van der Waals surface area contributed by atoms with E-state index >= 15 is 0 Å². The molecule has 1 saturated heterocycles. The molecule has 0 unspecified atom stereocenters. The van der Waals surface area contributed by atoms with Crippen LogP contribution in [0.4, 0.5) is 5.82 Å². The van der Waals surface area contributed by atoms with Gasteiger partial charge in [-0.05, 0) is 55.6 Å². The monoisotopic (exact) mass is 452 g/mol. The van der Waals surface area contributed by atoms with E-state index in [1.807, 2.05) is 30.9 Å². The smallest absolute Gasteiger partial charge is 0.155 e. The molecule has 5 aromatic heterocycles. The Morgan fingerprint density at radius 2 is 1.85 bits per heavy atom. The first-order valence-electron chi connectivity index (χ1n) is 12.0. The van der Waals surface area contributed by atoms with Crippen LogP contribution in [0.2, 0.25) is 0 Å². The molecule has 0 amide bonds. The molecule has 0 aliphatic carbocycles. The molecule has 1 fully saturated rings. The molecule has 172 valence electrons. The third kappa shape index (κ3) is 3.80. The molecule has 0 bridgehead atoms. The van der Waals surface area contributed by atoms with Crippen molar-refractivity contribution in [2.75, 3.05) is 24.5 Å². The number of nitrogens with zero attached hydrogens (tertiary/aromatic N) is 5. The summed E-state index contributed by atoms with van der Waals surface area (Å²) in [5.74, 6) is 1.06. The Bertz CT molecular complexity index is 1440. The van der Waals surface area contributed by atoms with Gasteiger partial charge in [0.1, 0.15) is 11.5 Å². The van der Waals surface area contributed by atoms with Crippen LogP contribution in [0.25, 0.3) is 44.5 Å². The number of fused-ring (bicyclic) bond motifs is 2. The number of H-pyrrole nitrogens is 2. The highest BCUT2D eigenvalue weighted by Crippen LogP contribution is 2.34. The minimum Gasteiger partial charge on any atom is -0.356 e. The van der Waals surface area contributed by atoms with Crippen LogP contribution in [-0.4, -0.2) is 49.8 Å². The van der Waals surface area contributed by atoms with Crippen LogP contribution in [0, 0.1) is 0 Å². The second kappa shape index (κ2) is 8.87. The second-order valence-corrected chi connectivity index (χ2v) is 8.88. The number of rotatable bonds is 6. The van der Waals surface area contributed by atoms with Crippen molar-refractivity contribution in [2.24, 2.45) is 0 Å². The van der Waals surface area contributed by atoms with Gasteiger partial charge in [-0.25, -0.2) is 9.97 Å². The van der Waals surface area contributed by atoms with E-state index in [2.05, 4.69) is 60.5 Å². The lowest BCUT2D eigenvalue weighted by Crippen LogP contribution is -2.30. The summed E-state index contributed by atoms with van der Waals surface area (Å²) >= 11 is 0. The van der Waals surface area contributed by atoms with Gasteiger partial charge >= 0.3 is 0 Å². The molecular formula is C26H28N8. The minimum absolute atomic E-state index is 0.767. The number of pyridine rings is 3. The summed E-state index contributed by atoms with van der Waals surface area (Å²) in [6, 6.07) is 8.52. The van der Waals surface area contributed by atoms with Crippen molar-refractivity contribution in [1.29, 1.82) is 0 Å². The van der Waals surface area contributed by atoms with E-state index in [-0.39, 0.29) is 0 Å². The van der Waals surface area contributed by atoms with Gasteiger partial charge in [0.2, 0.25) is 0 Å². The lowest BCUT2D eigenvalue weighted by atomic mass is 10.1. The highest BCUT2D eigenvalue weighted by atomic mass is 15.2. The average Bonchev–Trinajstić information content (AvgIpc) is 3.51.